The number of nitrogens with two attached hydrogens (primary N) is 1. The van der Waals surface area contributed by atoms with Gasteiger partial charge in [0.2, 0.25) is 0 Å². The topological polar surface area (TPSA) is 94.0 Å². The molecular weight excluding hydrogens is 364 g/mol. The molecule has 148 valence electrons. The number of nitrogens with one attached hydrogen (secondary N) is 2. The summed E-state index contributed by atoms with van der Waals surface area (Å²) in [7, 11) is 2.16. The van der Waals surface area contributed by atoms with E-state index in [9.17, 15) is 4.79 Å². The Labute approximate surface area is 168 Å². The number of nitrogen functional groups attached to an aromatic ring is 1. The lowest BCUT2D eigenvalue weighted by atomic mass is 10.1. The number of imidazole rings is 1. The largest absolute Gasteiger partial charge is 0.397 e. The Hall–Kier alpha value is -3.32. The standard InChI is InChI=1S/C22H24N6O/c1-13-12-28(10-9-27(13)2)14-7-8-17-18(11-14)25-21(24-17)19-20(23)15-5-3-4-6-16(15)26-22(19)29/h3-8,11,13H,9-10,12H2,1-2H3,(H,24,25)(H3,23,26,29)/t13-/m0/s1. The molecule has 4 N–H and O–H groups in total. The zero-order valence-electron chi connectivity index (χ0n) is 16.6. The van der Waals surface area contributed by atoms with E-state index >= 15 is 0 Å². The molecule has 7 nitrogen and oxygen atoms in total. The molecule has 0 amide bonds. The molecule has 0 aliphatic carbocycles. The Morgan fingerprint density at radius 1 is 1.10 bits per heavy atom. The maximum absolute atomic E-state index is 12.7. The van der Waals surface area contributed by atoms with Crippen molar-refractivity contribution in [1.82, 2.24) is 19.9 Å². The summed E-state index contributed by atoms with van der Waals surface area (Å²) >= 11 is 0. The third-order valence-electron chi connectivity index (χ3n) is 5.99. The number of rotatable bonds is 2. The number of pyridine rings is 1. The van der Waals surface area contributed by atoms with Gasteiger partial charge in [0, 0.05) is 36.7 Å². The lowest BCUT2D eigenvalue weighted by molar-refractivity contribution is 0.234. The molecule has 29 heavy (non-hydrogen) atoms. The van der Waals surface area contributed by atoms with E-state index in [4.69, 9.17) is 5.73 Å². The molecule has 1 fully saturated rings. The number of H-pyrrole nitrogens is 2. The molecule has 4 aromatic rings. The lowest BCUT2D eigenvalue weighted by Crippen LogP contribution is -2.50. The van der Waals surface area contributed by atoms with Crippen molar-refractivity contribution in [3.8, 4) is 11.4 Å². The average Bonchev–Trinajstić information content (AvgIpc) is 3.12. The SMILES string of the molecule is C[C@H]1CN(c2ccc3nc(-c4c(N)c5ccccc5[nH]c4=O)[nH]c3c2)CCN1C. The van der Waals surface area contributed by atoms with E-state index in [1.165, 1.54) is 0 Å². The Morgan fingerprint density at radius 3 is 2.76 bits per heavy atom. The number of fused-ring (bicyclic) bond motifs is 2. The molecule has 3 heterocycles. The van der Waals surface area contributed by atoms with Gasteiger partial charge in [-0.25, -0.2) is 4.98 Å². The van der Waals surface area contributed by atoms with Crippen molar-refractivity contribution in [3.63, 3.8) is 0 Å². The molecule has 7 heteroatoms. The van der Waals surface area contributed by atoms with Gasteiger partial charge in [-0.1, -0.05) is 18.2 Å². The first-order chi connectivity index (χ1) is 14.0. The van der Waals surface area contributed by atoms with Crippen molar-refractivity contribution >= 4 is 33.3 Å². The maximum Gasteiger partial charge on any atom is 0.261 e. The number of likely N-dealkylation sites (N-methyl/N-ethyl adjacent to an activating group) is 1. The van der Waals surface area contributed by atoms with Crippen LogP contribution in [0.25, 0.3) is 33.3 Å². The van der Waals surface area contributed by atoms with Crippen molar-refractivity contribution in [2.24, 2.45) is 0 Å². The predicted octanol–water partition coefficient (Wildman–Crippen LogP) is 2.79. The van der Waals surface area contributed by atoms with E-state index in [0.29, 0.717) is 23.1 Å². The van der Waals surface area contributed by atoms with E-state index in [1.54, 1.807) is 0 Å². The number of anilines is 2. The zero-order valence-corrected chi connectivity index (χ0v) is 16.6. The van der Waals surface area contributed by atoms with E-state index in [1.807, 2.05) is 30.3 Å². The van der Waals surface area contributed by atoms with Crippen LogP contribution in [0.1, 0.15) is 6.92 Å². The minimum Gasteiger partial charge on any atom is -0.397 e. The molecule has 1 atom stereocenters. The summed E-state index contributed by atoms with van der Waals surface area (Å²) in [6.07, 6.45) is 0. The summed E-state index contributed by atoms with van der Waals surface area (Å²) in [5.74, 6) is 0.494. The van der Waals surface area contributed by atoms with Crippen molar-refractivity contribution < 1.29 is 0 Å². The third-order valence-corrected chi connectivity index (χ3v) is 5.99. The van der Waals surface area contributed by atoms with Gasteiger partial charge in [0.1, 0.15) is 11.4 Å². The van der Waals surface area contributed by atoms with Gasteiger partial charge in [-0.2, -0.15) is 0 Å². The molecule has 2 aromatic carbocycles. The molecule has 1 aliphatic heterocycles. The van der Waals surface area contributed by atoms with Gasteiger partial charge in [0.25, 0.3) is 5.56 Å². The highest BCUT2D eigenvalue weighted by Crippen LogP contribution is 2.29. The second-order valence-electron chi connectivity index (χ2n) is 7.85. The summed E-state index contributed by atoms with van der Waals surface area (Å²) in [5, 5.41) is 0.815. The first-order valence-corrected chi connectivity index (χ1v) is 9.87. The Balaban J connectivity index is 1.58. The van der Waals surface area contributed by atoms with E-state index < -0.39 is 0 Å². The van der Waals surface area contributed by atoms with Crippen LogP contribution in [0.15, 0.2) is 47.3 Å². The first-order valence-electron chi connectivity index (χ1n) is 9.87. The number of aromatic amines is 2. The van der Waals surface area contributed by atoms with Crippen molar-refractivity contribution in [2.75, 3.05) is 37.3 Å². The van der Waals surface area contributed by atoms with Gasteiger partial charge in [-0.05, 0) is 38.2 Å². The van der Waals surface area contributed by atoms with Gasteiger partial charge in [0.05, 0.1) is 22.2 Å². The fourth-order valence-corrected chi connectivity index (χ4v) is 4.10. The van der Waals surface area contributed by atoms with Crippen molar-refractivity contribution in [1.29, 1.82) is 0 Å². The molecule has 1 aliphatic rings. The second kappa shape index (κ2) is 6.63. The normalized spacial score (nSPS) is 18.0. The monoisotopic (exact) mass is 388 g/mol. The van der Waals surface area contributed by atoms with Crippen LogP contribution in [0.5, 0.6) is 0 Å². The van der Waals surface area contributed by atoms with Crippen LogP contribution in [0.2, 0.25) is 0 Å². The number of hydrogen-bond donors (Lipinski definition) is 3. The van der Waals surface area contributed by atoms with Crippen LogP contribution in [0.4, 0.5) is 11.4 Å². The number of benzene rings is 2. The summed E-state index contributed by atoms with van der Waals surface area (Å²) in [4.78, 5) is 28.3. The predicted molar refractivity (Wildman–Crippen MR) is 118 cm³/mol. The van der Waals surface area contributed by atoms with Gasteiger partial charge in [0.15, 0.2) is 0 Å². The second-order valence-corrected chi connectivity index (χ2v) is 7.85. The number of piperazine rings is 1. The van der Waals surface area contributed by atoms with Crippen LogP contribution in [0.3, 0.4) is 0 Å². The number of nitrogens with zero attached hydrogens (tertiary/aromatic N) is 3. The van der Waals surface area contributed by atoms with Gasteiger partial charge < -0.3 is 25.5 Å². The highest BCUT2D eigenvalue weighted by molar-refractivity contribution is 5.97. The summed E-state index contributed by atoms with van der Waals surface area (Å²) in [6, 6.07) is 14.2. The van der Waals surface area contributed by atoms with E-state index in [0.717, 1.165) is 47.3 Å². The molecule has 0 spiro atoms. The molecule has 2 aromatic heterocycles. The summed E-state index contributed by atoms with van der Waals surface area (Å²) in [5.41, 5.74) is 10.5. The maximum atomic E-state index is 12.7. The third kappa shape index (κ3) is 2.94. The number of hydrogen-bond acceptors (Lipinski definition) is 5. The Kier molecular flexibility index (Phi) is 4.06. The zero-order chi connectivity index (χ0) is 20.1. The van der Waals surface area contributed by atoms with Crippen LogP contribution in [0, 0.1) is 0 Å². The van der Waals surface area contributed by atoms with Crippen molar-refractivity contribution in [3.05, 3.63) is 52.8 Å². The Morgan fingerprint density at radius 2 is 1.93 bits per heavy atom. The fourth-order valence-electron chi connectivity index (χ4n) is 4.10. The highest BCUT2D eigenvalue weighted by Gasteiger charge is 2.21. The summed E-state index contributed by atoms with van der Waals surface area (Å²) in [6.45, 7) is 5.26. The molecule has 0 radical (unpaired) electrons. The smallest absolute Gasteiger partial charge is 0.261 e. The minimum absolute atomic E-state index is 0.242. The van der Waals surface area contributed by atoms with Crippen LogP contribution >= 0.6 is 0 Å². The number of aromatic nitrogens is 3. The van der Waals surface area contributed by atoms with E-state index in [2.05, 4.69) is 50.9 Å². The number of para-hydroxylation sites is 1. The molecule has 0 bridgehead atoms. The molecule has 1 saturated heterocycles. The van der Waals surface area contributed by atoms with Gasteiger partial charge >= 0.3 is 0 Å². The fraction of sp³-hybridized carbons (Fsp3) is 0.273. The quantitative estimate of drug-likeness (QED) is 0.491. The van der Waals surface area contributed by atoms with Crippen LogP contribution in [-0.4, -0.2) is 52.6 Å². The van der Waals surface area contributed by atoms with E-state index in [-0.39, 0.29) is 5.56 Å². The molecular formula is C22H24N6O. The summed E-state index contributed by atoms with van der Waals surface area (Å²) < 4.78 is 0. The highest BCUT2D eigenvalue weighted by atomic mass is 16.1. The van der Waals surface area contributed by atoms with Crippen LogP contribution < -0.4 is 16.2 Å². The lowest BCUT2D eigenvalue weighted by Gasteiger charge is -2.39. The minimum atomic E-state index is -0.242. The van der Waals surface area contributed by atoms with Gasteiger partial charge in [-0.15, -0.1) is 0 Å². The first kappa shape index (κ1) is 17.8. The van der Waals surface area contributed by atoms with Crippen molar-refractivity contribution in [2.45, 2.75) is 13.0 Å². The van der Waals surface area contributed by atoms with Crippen LogP contribution in [-0.2, 0) is 0 Å². The Bertz CT molecular complexity index is 1270. The molecule has 5 rings (SSSR count). The molecule has 0 unspecified atom stereocenters. The molecule has 0 saturated carbocycles. The van der Waals surface area contributed by atoms with Gasteiger partial charge in [-0.3, -0.25) is 4.79 Å². The average molecular weight is 388 g/mol.